The van der Waals surface area contributed by atoms with Crippen LogP contribution < -0.4 is 9.46 Å². The first-order valence-corrected chi connectivity index (χ1v) is 14.4. The Kier molecular flexibility index (Phi) is 11.0. The van der Waals surface area contributed by atoms with Crippen molar-refractivity contribution in [1.29, 1.82) is 0 Å². The maximum Gasteiger partial charge on any atom is 0.303 e. The molecule has 0 aliphatic carbocycles. The summed E-state index contributed by atoms with van der Waals surface area (Å²) in [5.41, 5.74) is 2.95. The third-order valence-electron chi connectivity index (χ3n) is 6.07. The van der Waals surface area contributed by atoms with Crippen molar-refractivity contribution < 1.29 is 23.1 Å². The molecule has 0 bridgehead atoms. The minimum absolute atomic E-state index is 0.119. The summed E-state index contributed by atoms with van der Waals surface area (Å²) >= 11 is 5.94. The molecule has 1 atom stereocenters. The molecule has 1 unspecified atom stereocenters. The van der Waals surface area contributed by atoms with Crippen molar-refractivity contribution in [2.24, 2.45) is 0 Å². The smallest absolute Gasteiger partial charge is 0.303 e. The molecule has 37 heavy (non-hydrogen) atoms. The molecule has 0 spiro atoms. The minimum atomic E-state index is -3.78. The van der Waals surface area contributed by atoms with Crippen molar-refractivity contribution in [3.05, 3.63) is 94.5 Å². The minimum Gasteiger partial charge on any atom is -0.494 e. The van der Waals surface area contributed by atoms with Gasteiger partial charge in [-0.25, -0.2) is 13.1 Å². The van der Waals surface area contributed by atoms with E-state index in [9.17, 15) is 13.2 Å². The Balaban J connectivity index is 1.74. The summed E-state index contributed by atoms with van der Waals surface area (Å²) in [5.74, 6) is 0.0181. The lowest BCUT2D eigenvalue weighted by atomic mass is 9.98. The molecule has 0 radical (unpaired) electrons. The molecule has 3 rings (SSSR count). The molecule has 6 nitrogen and oxygen atoms in total. The number of benzene rings is 3. The van der Waals surface area contributed by atoms with Gasteiger partial charge in [0, 0.05) is 17.5 Å². The molecule has 8 heteroatoms. The van der Waals surface area contributed by atoms with E-state index in [1.54, 1.807) is 12.1 Å². The fraction of sp³-hybridized carbons (Fsp3) is 0.345. The zero-order valence-electron chi connectivity index (χ0n) is 21.0. The highest BCUT2D eigenvalue weighted by Crippen LogP contribution is 2.25. The number of carboxylic acids is 1. The first-order chi connectivity index (χ1) is 17.8. The van der Waals surface area contributed by atoms with Gasteiger partial charge in [-0.3, -0.25) is 4.79 Å². The van der Waals surface area contributed by atoms with Gasteiger partial charge in [0.05, 0.1) is 11.5 Å². The molecular formula is C29H34ClNO5S. The first kappa shape index (κ1) is 28.7. The zero-order valence-corrected chi connectivity index (χ0v) is 22.6. The number of rotatable bonds is 15. The van der Waals surface area contributed by atoms with Crippen molar-refractivity contribution in [3.8, 4) is 5.75 Å². The highest BCUT2D eigenvalue weighted by molar-refractivity contribution is 7.89. The SMILES string of the molecule is CCCCOc1ccc(CCC(NS(=O)(=O)c2ccc(Cl)cc2)c2ccc(CCCC(=O)O)cc2)cc1. The van der Waals surface area contributed by atoms with Crippen LogP contribution in [-0.4, -0.2) is 26.1 Å². The summed E-state index contributed by atoms with van der Waals surface area (Å²) in [7, 11) is -3.78. The second-order valence-electron chi connectivity index (χ2n) is 9.00. The third kappa shape index (κ3) is 9.50. The number of hydrogen-bond donors (Lipinski definition) is 2. The van der Waals surface area contributed by atoms with Crippen LogP contribution in [0, 0.1) is 0 Å². The van der Waals surface area contributed by atoms with Crippen molar-refractivity contribution in [2.45, 2.75) is 62.8 Å². The molecule has 0 aromatic heterocycles. The van der Waals surface area contributed by atoms with Crippen molar-refractivity contribution in [3.63, 3.8) is 0 Å². The summed E-state index contributed by atoms with van der Waals surface area (Å²) in [5, 5.41) is 9.33. The van der Waals surface area contributed by atoms with Crippen LogP contribution in [0.1, 0.15) is 61.8 Å². The number of carboxylic acid groups (broad SMARTS) is 1. The lowest BCUT2D eigenvalue weighted by Crippen LogP contribution is -2.29. The largest absolute Gasteiger partial charge is 0.494 e. The van der Waals surface area contributed by atoms with Gasteiger partial charge in [-0.2, -0.15) is 0 Å². The highest BCUT2D eigenvalue weighted by atomic mass is 35.5. The molecule has 0 amide bonds. The molecule has 0 saturated carbocycles. The van der Waals surface area contributed by atoms with E-state index in [1.807, 2.05) is 48.5 Å². The Hall–Kier alpha value is -2.87. The predicted octanol–water partition coefficient (Wildman–Crippen LogP) is 6.58. The van der Waals surface area contributed by atoms with Crippen LogP contribution in [0.4, 0.5) is 0 Å². The first-order valence-electron chi connectivity index (χ1n) is 12.6. The fourth-order valence-electron chi connectivity index (χ4n) is 3.92. The Bertz CT molecular complexity index is 1230. The molecule has 0 heterocycles. The summed E-state index contributed by atoms with van der Waals surface area (Å²) in [6.07, 6.45) is 4.64. The number of halogens is 1. The Labute approximate surface area is 224 Å². The number of unbranched alkanes of at least 4 members (excludes halogenated alkanes) is 1. The summed E-state index contributed by atoms with van der Waals surface area (Å²) in [6.45, 7) is 2.81. The lowest BCUT2D eigenvalue weighted by Gasteiger charge is -2.20. The number of carbonyl (C=O) groups is 1. The average Bonchev–Trinajstić information content (AvgIpc) is 2.88. The van der Waals surface area contributed by atoms with Crippen molar-refractivity contribution in [1.82, 2.24) is 4.72 Å². The molecule has 3 aromatic rings. The molecule has 2 N–H and O–H groups in total. The molecule has 0 aliphatic rings. The van der Waals surface area contributed by atoms with Gasteiger partial charge in [0.1, 0.15) is 5.75 Å². The van der Waals surface area contributed by atoms with Gasteiger partial charge >= 0.3 is 5.97 Å². The van der Waals surface area contributed by atoms with Gasteiger partial charge in [-0.05, 0) is 85.2 Å². The molecule has 0 saturated heterocycles. The quantitative estimate of drug-likeness (QED) is 0.211. The van der Waals surface area contributed by atoms with E-state index in [-0.39, 0.29) is 11.3 Å². The van der Waals surface area contributed by atoms with Crippen molar-refractivity contribution >= 4 is 27.6 Å². The Morgan fingerprint density at radius 1 is 0.919 bits per heavy atom. The van der Waals surface area contributed by atoms with Gasteiger partial charge in [0.2, 0.25) is 10.0 Å². The van der Waals surface area contributed by atoms with Gasteiger partial charge < -0.3 is 9.84 Å². The van der Waals surface area contributed by atoms with Crippen LogP contribution in [0.3, 0.4) is 0 Å². The maximum absolute atomic E-state index is 13.2. The van der Waals surface area contributed by atoms with Gasteiger partial charge in [0.25, 0.3) is 0 Å². The van der Waals surface area contributed by atoms with E-state index >= 15 is 0 Å². The third-order valence-corrected chi connectivity index (χ3v) is 7.81. The Morgan fingerprint density at radius 2 is 1.54 bits per heavy atom. The number of nitrogens with one attached hydrogen (secondary N) is 1. The van der Waals surface area contributed by atoms with E-state index < -0.39 is 22.0 Å². The van der Waals surface area contributed by atoms with Crippen molar-refractivity contribution in [2.75, 3.05) is 6.61 Å². The maximum atomic E-state index is 13.2. The van der Waals surface area contributed by atoms with E-state index in [4.69, 9.17) is 21.4 Å². The van der Waals surface area contributed by atoms with Crippen LogP contribution in [-0.2, 0) is 27.7 Å². The lowest BCUT2D eigenvalue weighted by molar-refractivity contribution is -0.137. The predicted molar refractivity (Wildman–Crippen MR) is 147 cm³/mol. The number of hydrogen-bond acceptors (Lipinski definition) is 4. The van der Waals surface area contributed by atoms with Gasteiger partial charge in [-0.1, -0.05) is 61.3 Å². The molecule has 198 valence electrons. The summed E-state index contributed by atoms with van der Waals surface area (Å²) in [4.78, 5) is 10.9. The molecule has 3 aromatic carbocycles. The van der Waals surface area contributed by atoms with E-state index in [2.05, 4.69) is 11.6 Å². The number of ether oxygens (including phenoxy) is 1. The van der Waals surface area contributed by atoms with Crippen LogP contribution in [0.25, 0.3) is 0 Å². The second-order valence-corrected chi connectivity index (χ2v) is 11.2. The van der Waals surface area contributed by atoms with E-state index in [0.717, 1.165) is 35.3 Å². The fourth-order valence-corrected chi connectivity index (χ4v) is 5.31. The number of aryl methyl sites for hydroxylation is 2. The standard InChI is InChI=1S/C29H34ClNO5S/c1-2-3-21-36-26-16-9-23(10-17-26)11-20-28(31-37(34,35)27-18-14-25(30)15-19-27)24-12-7-22(8-13-24)5-4-6-29(32)33/h7-10,12-19,28,31H,2-6,11,20-21H2,1H3,(H,32,33). The van der Waals surface area contributed by atoms with Gasteiger partial charge in [-0.15, -0.1) is 0 Å². The summed E-state index contributed by atoms with van der Waals surface area (Å²) in [6, 6.07) is 21.3. The van der Waals surface area contributed by atoms with Crippen LogP contribution in [0.2, 0.25) is 5.02 Å². The number of sulfonamides is 1. The van der Waals surface area contributed by atoms with E-state index in [1.165, 1.54) is 12.1 Å². The molecule has 0 fully saturated rings. The average molecular weight is 544 g/mol. The van der Waals surface area contributed by atoms with E-state index in [0.29, 0.717) is 37.3 Å². The summed E-state index contributed by atoms with van der Waals surface area (Å²) < 4.78 is 34.9. The Morgan fingerprint density at radius 3 is 2.16 bits per heavy atom. The van der Waals surface area contributed by atoms with Crippen LogP contribution >= 0.6 is 11.6 Å². The van der Waals surface area contributed by atoms with Gasteiger partial charge in [0.15, 0.2) is 0 Å². The van der Waals surface area contributed by atoms with Crippen LogP contribution in [0.15, 0.2) is 77.7 Å². The topological polar surface area (TPSA) is 92.7 Å². The second kappa shape index (κ2) is 14.2. The zero-order chi connectivity index (χ0) is 26.7. The normalized spacial score (nSPS) is 12.3. The highest BCUT2D eigenvalue weighted by Gasteiger charge is 2.21. The van der Waals surface area contributed by atoms with Crippen LogP contribution in [0.5, 0.6) is 5.75 Å². The monoisotopic (exact) mass is 543 g/mol. The number of aliphatic carboxylic acids is 1. The molecule has 0 aliphatic heterocycles. The molecular weight excluding hydrogens is 510 g/mol.